The molecule has 0 aliphatic carbocycles. The van der Waals surface area contributed by atoms with E-state index in [4.69, 9.17) is 11.6 Å². The van der Waals surface area contributed by atoms with Gasteiger partial charge in [-0.05, 0) is 49.7 Å². The van der Waals surface area contributed by atoms with Crippen molar-refractivity contribution in [3.8, 4) is 11.4 Å². The zero-order valence-corrected chi connectivity index (χ0v) is 22.2. The first-order valence-electron chi connectivity index (χ1n) is 11.2. The SMILES string of the molecule is Cc1cc([C@@H](C)Nc2ccc(Cl)nc2C(=O)NS(C)(=O)=O)c2nc(-c3cccc(F)c3F)n(C)c(=O)c2c1. The minimum absolute atomic E-state index is 0.0326. The van der Waals surface area contributed by atoms with Gasteiger partial charge in [0.25, 0.3) is 11.5 Å². The average Bonchev–Trinajstić information content (AvgIpc) is 2.83. The van der Waals surface area contributed by atoms with E-state index in [-0.39, 0.29) is 38.8 Å². The number of anilines is 1. The molecule has 0 saturated heterocycles. The highest BCUT2D eigenvalue weighted by atomic mass is 35.5. The molecule has 0 radical (unpaired) electrons. The molecule has 38 heavy (non-hydrogen) atoms. The Balaban J connectivity index is 1.87. The lowest BCUT2D eigenvalue weighted by atomic mass is 10.0. The maximum absolute atomic E-state index is 14.6. The van der Waals surface area contributed by atoms with Gasteiger partial charge in [0.15, 0.2) is 17.3 Å². The van der Waals surface area contributed by atoms with Crippen molar-refractivity contribution in [3.63, 3.8) is 0 Å². The highest BCUT2D eigenvalue weighted by Gasteiger charge is 2.23. The van der Waals surface area contributed by atoms with Crippen molar-refractivity contribution >= 4 is 44.1 Å². The molecule has 1 atom stereocenters. The fraction of sp³-hybridized carbons (Fsp3) is 0.200. The lowest BCUT2D eigenvalue weighted by Crippen LogP contribution is -2.31. The molecule has 0 bridgehead atoms. The van der Waals surface area contributed by atoms with E-state index in [1.165, 1.54) is 31.3 Å². The van der Waals surface area contributed by atoms with Crippen LogP contribution in [0.4, 0.5) is 14.5 Å². The van der Waals surface area contributed by atoms with Crippen LogP contribution in [0, 0.1) is 18.6 Å². The van der Waals surface area contributed by atoms with Crippen LogP contribution in [-0.2, 0) is 17.1 Å². The molecule has 2 aromatic carbocycles. The number of pyridine rings is 1. The molecule has 0 aliphatic heterocycles. The van der Waals surface area contributed by atoms with Crippen molar-refractivity contribution in [1.82, 2.24) is 19.3 Å². The molecule has 2 aromatic heterocycles. The minimum atomic E-state index is -3.88. The third-order valence-corrected chi connectivity index (χ3v) is 6.51. The Hall–Kier alpha value is -3.90. The largest absolute Gasteiger partial charge is 0.377 e. The standard InChI is InChI=1S/C25H22ClF2N5O4S/c1-12-10-15(13(2)29-18-8-9-19(26)30-22(18)24(34)32-38(4,36)37)21-16(11-12)25(35)33(3)23(31-21)14-6-5-7-17(27)20(14)28/h5-11,13,29H,1-4H3,(H,32,34)/t13-/m1/s1. The lowest BCUT2D eigenvalue weighted by molar-refractivity contribution is 0.0977. The second kappa shape index (κ2) is 10.1. The number of hydrogen-bond acceptors (Lipinski definition) is 7. The van der Waals surface area contributed by atoms with Crippen molar-refractivity contribution in [1.29, 1.82) is 0 Å². The molecule has 198 valence electrons. The number of carbonyl (C=O) groups is 1. The molecular weight excluding hydrogens is 540 g/mol. The first-order valence-corrected chi connectivity index (χ1v) is 13.4. The maximum atomic E-state index is 14.6. The quantitative estimate of drug-likeness (QED) is 0.340. The Bertz CT molecular complexity index is 1780. The normalized spacial score (nSPS) is 12.4. The van der Waals surface area contributed by atoms with Gasteiger partial charge in [-0.25, -0.2) is 31.9 Å². The number of sulfonamides is 1. The molecule has 9 nitrogen and oxygen atoms in total. The van der Waals surface area contributed by atoms with E-state index in [1.807, 2.05) is 4.72 Å². The van der Waals surface area contributed by atoms with Gasteiger partial charge in [-0.15, -0.1) is 0 Å². The third kappa shape index (κ3) is 5.36. The molecule has 0 aliphatic rings. The van der Waals surface area contributed by atoms with Gasteiger partial charge in [-0.3, -0.25) is 14.2 Å². The van der Waals surface area contributed by atoms with Crippen LogP contribution in [0.25, 0.3) is 22.3 Å². The van der Waals surface area contributed by atoms with Crippen LogP contribution in [0.2, 0.25) is 5.15 Å². The predicted molar refractivity (Wildman–Crippen MR) is 141 cm³/mol. The predicted octanol–water partition coefficient (Wildman–Crippen LogP) is 4.10. The molecule has 1 amide bonds. The van der Waals surface area contributed by atoms with Crippen LogP contribution in [0.3, 0.4) is 0 Å². The zero-order valence-electron chi connectivity index (χ0n) is 20.6. The zero-order chi connectivity index (χ0) is 27.9. The second-order valence-corrected chi connectivity index (χ2v) is 10.9. The van der Waals surface area contributed by atoms with Crippen LogP contribution >= 0.6 is 11.6 Å². The van der Waals surface area contributed by atoms with E-state index >= 15 is 0 Å². The van der Waals surface area contributed by atoms with Crippen molar-refractivity contribution in [2.45, 2.75) is 19.9 Å². The number of carbonyl (C=O) groups excluding carboxylic acids is 1. The fourth-order valence-electron chi connectivity index (χ4n) is 4.05. The molecule has 13 heteroatoms. The summed E-state index contributed by atoms with van der Waals surface area (Å²) in [6, 6.07) is 9.28. The van der Waals surface area contributed by atoms with Gasteiger partial charge in [-0.2, -0.15) is 0 Å². The van der Waals surface area contributed by atoms with Gasteiger partial charge in [0.2, 0.25) is 10.0 Å². The number of amides is 1. The van der Waals surface area contributed by atoms with Gasteiger partial charge >= 0.3 is 0 Å². The topological polar surface area (TPSA) is 123 Å². The smallest absolute Gasteiger partial charge is 0.285 e. The molecule has 0 fully saturated rings. The molecular formula is C25H22ClF2N5O4S. The highest BCUT2D eigenvalue weighted by molar-refractivity contribution is 7.89. The lowest BCUT2D eigenvalue weighted by Gasteiger charge is -2.20. The fourth-order valence-corrected chi connectivity index (χ4v) is 4.63. The highest BCUT2D eigenvalue weighted by Crippen LogP contribution is 2.30. The summed E-state index contributed by atoms with van der Waals surface area (Å²) >= 11 is 5.94. The van der Waals surface area contributed by atoms with Crippen LogP contribution in [0.5, 0.6) is 0 Å². The van der Waals surface area contributed by atoms with E-state index in [0.717, 1.165) is 22.5 Å². The Labute approximate surface area is 221 Å². The van der Waals surface area contributed by atoms with Gasteiger partial charge in [0, 0.05) is 12.6 Å². The Kier molecular flexibility index (Phi) is 7.22. The van der Waals surface area contributed by atoms with E-state index in [0.29, 0.717) is 5.56 Å². The van der Waals surface area contributed by atoms with Gasteiger partial charge in [0.1, 0.15) is 11.0 Å². The summed E-state index contributed by atoms with van der Waals surface area (Å²) in [5.74, 6) is -3.28. The molecule has 0 spiro atoms. The number of aromatic nitrogens is 3. The van der Waals surface area contributed by atoms with Gasteiger partial charge < -0.3 is 5.32 Å². The number of fused-ring (bicyclic) bond motifs is 1. The van der Waals surface area contributed by atoms with Crippen LogP contribution < -0.4 is 15.6 Å². The van der Waals surface area contributed by atoms with Crippen molar-refractivity contribution in [2.24, 2.45) is 7.05 Å². The number of halogens is 3. The molecule has 4 aromatic rings. The van der Waals surface area contributed by atoms with Gasteiger partial charge in [0.05, 0.1) is 34.5 Å². The summed E-state index contributed by atoms with van der Waals surface area (Å²) in [4.78, 5) is 34.4. The summed E-state index contributed by atoms with van der Waals surface area (Å²) < 4.78 is 54.8. The average molecular weight is 562 g/mol. The number of nitrogens with zero attached hydrogens (tertiary/aromatic N) is 3. The number of benzene rings is 2. The molecule has 0 unspecified atom stereocenters. The van der Waals surface area contributed by atoms with Gasteiger partial charge in [-0.1, -0.05) is 23.7 Å². The van der Waals surface area contributed by atoms with E-state index < -0.39 is 39.2 Å². The van der Waals surface area contributed by atoms with Crippen molar-refractivity contribution in [3.05, 3.63) is 86.4 Å². The first kappa shape index (κ1) is 27.1. The first-order chi connectivity index (χ1) is 17.8. The van der Waals surface area contributed by atoms with E-state index in [2.05, 4.69) is 15.3 Å². The Morgan fingerprint density at radius 2 is 1.84 bits per heavy atom. The Morgan fingerprint density at radius 3 is 2.53 bits per heavy atom. The monoisotopic (exact) mass is 561 g/mol. The third-order valence-electron chi connectivity index (χ3n) is 5.74. The van der Waals surface area contributed by atoms with E-state index in [1.54, 1.807) is 26.0 Å². The molecule has 0 saturated carbocycles. The summed E-state index contributed by atoms with van der Waals surface area (Å²) in [7, 11) is -2.46. The molecule has 2 N–H and O–H groups in total. The van der Waals surface area contributed by atoms with Crippen LogP contribution in [0.1, 0.15) is 34.6 Å². The summed E-state index contributed by atoms with van der Waals surface area (Å²) in [6.07, 6.45) is 0.829. The summed E-state index contributed by atoms with van der Waals surface area (Å²) in [6.45, 7) is 3.51. The van der Waals surface area contributed by atoms with Crippen molar-refractivity contribution < 1.29 is 22.0 Å². The van der Waals surface area contributed by atoms with Crippen molar-refractivity contribution in [2.75, 3.05) is 11.6 Å². The number of rotatable bonds is 6. The molecule has 4 rings (SSSR count). The Morgan fingerprint density at radius 1 is 1.13 bits per heavy atom. The number of hydrogen-bond donors (Lipinski definition) is 2. The van der Waals surface area contributed by atoms with Crippen LogP contribution in [0.15, 0.2) is 47.3 Å². The van der Waals surface area contributed by atoms with Crippen LogP contribution in [-0.4, -0.2) is 35.1 Å². The second-order valence-electron chi connectivity index (χ2n) is 8.75. The summed E-state index contributed by atoms with van der Waals surface area (Å²) in [5.41, 5.74) is 0.735. The molecule has 2 heterocycles. The number of aryl methyl sites for hydroxylation is 1. The minimum Gasteiger partial charge on any atom is -0.377 e. The van der Waals surface area contributed by atoms with E-state index in [9.17, 15) is 26.8 Å². The number of nitrogens with one attached hydrogen (secondary N) is 2. The summed E-state index contributed by atoms with van der Waals surface area (Å²) in [5, 5.41) is 3.31. The maximum Gasteiger partial charge on any atom is 0.285 e.